The Balaban J connectivity index is 3.01. The molecule has 2 N–H and O–H groups in total. The lowest BCUT2D eigenvalue weighted by molar-refractivity contribution is 0.414. The van der Waals surface area contributed by atoms with Crippen molar-refractivity contribution >= 4 is 17.2 Å². The number of rotatable bonds is 2. The van der Waals surface area contributed by atoms with E-state index in [4.69, 9.17) is 22.7 Å². The van der Waals surface area contributed by atoms with Gasteiger partial charge in [0.2, 0.25) is 0 Å². The monoisotopic (exact) mass is 168 g/mol. The number of hydrogen-bond donors (Lipinski definition) is 1. The maximum absolute atomic E-state index is 5.35. The zero-order chi connectivity index (χ0) is 8.27. The molecule has 0 aliphatic carbocycles. The Hall–Kier alpha value is -1.16. The van der Waals surface area contributed by atoms with Crippen LogP contribution in [0.4, 0.5) is 0 Å². The molecule has 58 valence electrons. The van der Waals surface area contributed by atoms with E-state index in [1.54, 1.807) is 25.4 Å². The van der Waals surface area contributed by atoms with E-state index < -0.39 is 0 Å². The summed E-state index contributed by atoms with van der Waals surface area (Å²) >= 11 is 4.73. The number of methoxy groups -OCH3 is 1. The van der Waals surface area contributed by atoms with Gasteiger partial charge >= 0.3 is 0 Å². The van der Waals surface area contributed by atoms with Crippen molar-refractivity contribution in [3.63, 3.8) is 0 Å². The van der Waals surface area contributed by atoms with Gasteiger partial charge in [0.15, 0.2) is 0 Å². The highest BCUT2D eigenvalue weighted by Gasteiger charge is 1.98. The van der Waals surface area contributed by atoms with Crippen LogP contribution in [-0.2, 0) is 0 Å². The first-order chi connectivity index (χ1) is 5.24. The molecule has 0 amide bonds. The third kappa shape index (κ3) is 1.88. The average molecular weight is 168 g/mol. The van der Waals surface area contributed by atoms with E-state index in [1.165, 1.54) is 0 Å². The molecule has 0 aromatic carbocycles. The lowest BCUT2D eigenvalue weighted by Crippen LogP contribution is -2.11. The van der Waals surface area contributed by atoms with Crippen LogP contribution in [0, 0.1) is 0 Å². The molecule has 1 aromatic heterocycles. The number of nitrogens with zero attached hydrogens (tertiary/aromatic N) is 1. The Morgan fingerprint density at radius 3 is 3.00 bits per heavy atom. The number of nitrogens with two attached hydrogens (primary N) is 1. The molecule has 1 aromatic rings. The smallest absolute Gasteiger partial charge is 0.122 e. The van der Waals surface area contributed by atoms with E-state index in [2.05, 4.69) is 4.98 Å². The SMILES string of the molecule is COc1ccnc(C(N)=S)c1. The number of thiocarbonyl (C=S) groups is 1. The summed E-state index contributed by atoms with van der Waals surface area (Å²) in [6.07, 6.45) is 1.60. The average Bonchev–Trinajstić information content (AvgIpc) is 2.05. The van der Waals surface area contributed by atoms with E-state index in [-0.39, 0.29) is 4.99 Å². The van der Waals surface area contributed by atoms with Crippen LogP contribution in [0.1, 0.15) is 5.69 Å². The zero-order valence-electron chi connectivity index (χ0n) is 6.07. The summed E-state index contributed by atoms with van der Waals surface area (Å²) in [4.78, 5) is 4.22. The van der Waals surface area contributed by atoms with Crippen molar-refractivity contribution in [3.05, 3.63) is 24.0 Å². The minimum Gasteiger partial charge on any atom is -0.497 e. The Kier molecular flexibility index (Phi) is 2.38. The van der Waals surface area contributed by atoms with Gasteiger partial charge in [0.1, 0.15) is 16.4 Å². The van der Waals surface area contributed by atoms with Crippen LogP contribution in [0.3, 0.4) is 0 Å². The van der Waals surface area contributed by atoms with Crippen LogP contribution < -0.4 is 10.5 Å². The molecule has 1 rings (SSSR count). The molecule has 1 heterocycles. The molecule has 11 heavy (non-hydrogen) atoms. The van der Waals surface area contributed by atoms with Gasteiger partial charge in [-0.3, -0.25) is 4.98 Å². The molecule has 0 spiro atoms. The third-order valence-electron chi connectivity index (χ3n) is 1.22. The van der Waals surface area contributed by atoms with Crippen LogP contribution in [0.5, 0.6) is 5.75 Å². The molecule has 0 radical (unpaired) electrons. The predicted octanol–water partition coefficient (Wildman–Crippen LogP) is 0.724. The lowest BCUT2D eigenvalue weighted by atomic mass is 10.3. The van der Waals surface area contributed by atoms with Crippen LogP contribution in [0.2, 0.25) is 0 Å². The second-order valence-corrected chi connectivity index (χ2v) is 2.38. The fraction of sp³-hybridized carbons (Fsp3) is 0.143. The van der Waals surface area contributed by atoms with Gasteiger partial charge < -0.3 is 10.5 Å². The first kappa shape index (κ1) is 7.94. The molecular weight excluding hydrogens is 160 g/mol. The van der Waals surface area contributed by atoms with Gasteiger partial charge in [0, 0.05) is 12.3 Å². The van der Waals surface area contributed by atoms with Gasteiger partial charge in [-0.15, -0.1) is 0 Å². The largest absolute Gasteiger partial charge is 0.497 e. The molecule has 0 fully saturated rings. The van der Waals surface area contributed by atoms with Crippen LogP contribution in [-0.4, -0.2) is 17.1 Å². The van der Waals surface area contributed by atoms with Crippen molar-refractivity contribution in [1.82, 2.24) is 4.98 Å². The Bertz CT molecular complexity index is 275. The molecule has 3 nitrogen and oxygen atoms in total. The second-order valence-electron chi connectivity index (χ2n) is 1.95. The van der Waals surface area contributed by atoms with E-state index in [0.717, 1.165) is 0 Å². The molecule has 0 atom stereocenters. The molecule has 0 saturated heterocycles. The Morgan fingerprint density at radius 1 is 1.73 bits per heavy atom. The normalized spacial score (nSPS) is 9.18. The standard InChI is InChI=1S/C7H8N2OS/c1-10-5-2-3-9-6(4-5)7(8)11/h2-4H,1H3,(H2,8,11). The number of aromatic nitrogens is 1. The van der Waals surface area contributed by atoms with Crippen molar-refractivity contribution in [3.8, 4) is 5.75 Å². The van der Waals surface area contributed by atoms with Crippen molar-refractivity contribution in [1.29, 1.82) is 0 Å². The van der Waals surface area contributed by atoms with Crippen molar-refractivity contribution in [2.24, 2.45) is 5.73 Å². The zero-order valence-corrected chi connectivity index (χ0v) is 6.89. The van der Waals surface area contributed by atoms with E-state index in [9.17, 15) is 0 Å². The molecule has 0 aliphatic rings. The van der Waals surface area contributed by atoms with Gasteiger partial charge in [-0.1, -0.05) is 12.2 Å². The van der Waals surface area contributed by atoms with Gasteiger partial charge in [-0.2, -0.15) is 0 Å². The van der Waals surface area contributed by atoms with Crippen LogP contribution in [0.15, 0.2) is 18.3 Å². The van der Waals surface area contributed by atoms with Gasteiger partial charge in [0.05, 0.1) is 7.11 Å². The second kappa shape index (κ2) is 3.30. The number of pyridine rings is 1. The predicted molar refractivity (Wildman–Crippen MR) is 46.7 cm³/mol. The first-order valence-corrected chi connectivity index (χ1v) is 3.44. The summed E-state index contributed by atoms with van der Waals surface area (Å²) in [7, 11) is 1.58. The summed E-state index contributed by atoms with van der Waals surface area (Å²) in [5.74, 6) is 0.711. The van der Waals surface area contributed by atoms with Gasteiger partial charge in [-0.05, 0) is 6.07 Å². The van der Waals surface area contributed by atoms with Crippen LogP contribution in [0.25, 0.3) is 0 Å². The van der Waals surface area contributed by atoms with Crippen molar-refractivity contribution in [2.75, 3.05) is 7.11 Å². The highest BCUT2D eigenvalue weighted by atomic mass is 32.1. The Morgan fingerprint density at radius 2 is 2.45 bits per heavy atom. The molecule has 0 bridgehead atoms. The molecular formula is C7H8N2OS. The van der Waals surface area contributed by atoms with Gasteiger partial charge in [0.25, 0.3) is 0 Å². The van der Waals surface area contributed by atoms with Crippen molar-refractivity contribution in [2.45, 2.75) is 0 Å². The summed E-state index contributed by atoms with van der Waals surface area (Å²) in [6, 6.07) is 3.43. The molecule has 0 unspecified atom stereocenters. The van der Waals surface area contributed by atoms with E-state index in [0.29, 0.717) is 11.4 Å². The minimum absolute atomic E-state index is 0.281. The minimum atomic E-state index is 0.281. The Labute approximate surface area is 70.2 Å². The maximum Gasteiger partial charge on any atom is 0.122 e. The van der Waals surface area contributed by atoms with Gasteiger partial charge in [-0.25, -0.2) is 0 Å². The highest BCUT2D eigenvalue weighted by molar-refractivity contribution is 7.80. The molecule has 0 aliphatic heterocycles. The maximum atomic E-state index is 5.35. The third-order valence-corrected chi connectivity index (χ3v) is 1.43. The summed E-state index contributed by atoms with van der Waals surface area (Å²) < 4.78 is 4.95. The lowest BCUT2D eigenvalue weighted by Gasteiger charge is -2.00. The number of hydrogen-bond acceptors (Lipinski definition) is 3. The summed E-state index contributed by atoms with van der Waals surface area (Å²) in [5, 5.41) is 0. The van der Waals surface area contributed by atoms with Crippen molar-refractivity contribution < 1.29 is 4.74 Å². The fourth-order valence-electron chi connectivity index (χ4n) is 0.673. The fourth-order valence-corrected chi connectivity index (χ4v) is 0.785. The quantitative estimate of drug-likeness (QED) is 0.661. The molecule has 4 heteroatoms. The number of ether oxygens (including phenoxy) is 1. The van der Waals surface area contributed by atoms with Crippen LogP contribution >= 0.6 is 12.2 Å². The van der Waals surface area contributed by atoms with E-state index >= 15 is 0 Å². The topological polar surface area (TPSA) is 48.1 Å². The summed E-state index contributed by atoms with van der Waals surface area (Å²) in [5.41, 5.74) is 5.93. The molecule has 0 saturated carbocycles. The van der Waals surface area contributed by atoms with E-state index in [1.807, 2.05) is 0 Å². The highest BCUT2D eigenvalue weighted by Crippen LogP contribution is 2.09. The summed E-state index contributed by atoms with van der Waals surface area (Å²) in [6.45, 7) is 0. The first-order valence-electron chi connectivity index (χ1n) is 3.04.